The maximum atomic E-state index is 13.6. The number of ether oxygens (including phenoxy) is 1. The first kappa shape index (κ1) is 27.7. The average Bonchev–Trinajstić information content (AvgIpc) is 2.76. The second-order valence-electron chi connectivity index (χ2n) is 9.98. The SMILES string of the molecule is CC(C)CC(NC(=O)OC(C)(C)C)C(=O)N(C)C(C(=O)NCc1ccccc1)c1cccc(O)c1. The molecule has 2 aromatic carbocycles. The number of alkyl carbamates (subject to hydrolysis) is 1. The number of rotatable bonds is 9. The topological polar surface area (TPSA) is 108 Å². The molecule has 3 amide bonds. The number of likely N-dealkylation sites (N-methyl/N-ethyl adjacent to an activating group) is 1. The van der Waals surface area contributed by atoms with E-state index in [0.717, 1.165) is 5.56 Å². The van der Waals surface area contributed by atoms with Crippen molar-refractivity contribution in [2.75, 3.05) is 7.05 Å². The van der Waals surface area contributed by atoms with Crippen LogP contribution in [0.4, 0.5) is 4.79 Å². The van der Waals surface area contributed by atoms with Crippen LogP contribution in [0.15, 0.2) is 54.6 Å². The minimum atomic E-state index is -1.02. The third kappa shape index (κ3) is 8.96. The van der Waals surface area contributed by atoms with E-state index in [9.17, 15) is 19.5 Å². The summed E-state index contributed by atoms with van der Waals surface area (Å²) in [6, 6.07) is 13.8. The van der Waals surface area contributed by atoms with Crippen molar-refractivity contribution < 1.29 is 24.2 Å². The van der Waals surface area contributed by atoms with E-state index in [1.807, 2.05) is 44.2 Å². The molecule has 0 heterocycles. The number of carbonyl (C=O) groups excluding carboxylic acids is 3. The Hall–Kier alpha value is -3.55. The van der Waals surface area contributed by atoms with Crippen LogP contribution in [0.25, 0.3) is 0 Å². The minimum absolute atomic E-state index is 0.0187. The van der Waals surface area contributed by atoms with Gasteiger partial charge in [-0.15, -0.1) is 0 Å². The number of phenols is 1. The van der Waals surface area contributed by atoms with Gasteiger partial charge in [0.25, 0.3) is 0 Å². The molecule has 0 aliphatic carbocycles. The molecule has 0 aliphatic rings. The van der Waals surface area contributed by atoms with Crippen LogP contribution < -0.4 is 10.6 Å². The minimum Gasteiger partial charge on any atom is -0.508 e. The number of hydrogen-bond acceptors (Lipinski definition) is 5. The molecule has 190 valence electrons. The first-order valence-corrected chi connectivity index (χ1v) is 11.7. The smallest absolute Gasteiger partial charge is 0.408 e. The summed E-state index contributed by atoms with van der Waals surface area (Å²) in [5.74, 6) is -0.767. The third-order valence-electron chi connectivity index (χ3n) is 5.17. The van der Waals surface area contributed by atoms with Crippen molar-refractivity contribution in [1.82, 2.24) is 15.5 Å². The predicted octanol–water partition coefficient (Wildman–Crippen LogP) is 4.15. The standard InChI is InChI=1S/C27H37N3O5/c1-18(2)15-22(29-26(34)35-27(3,4)5)25(33)30(6)23(20-13-10-14-21(31)16-20)24(32)28-17-19-11-8-7-9-12-19/h7-14,16,18,22-23,31H,15,17H2,1-6H3,(H,28,32)(H,29,34). The molecule has 0 spiro atoms. The van der Waals surface area contributed by atoms with Crippen molar-refractivity contribution in [2.24, 2.45) is 5.92 Å². The van der Waals surface area contributed by atoms with E-state index in [0.29, 0.717) is 12.0 Å². The summed E-state index contributed by atoms with van der Waals surface area (Å²) in [6.07, 6.45) is -0.340. The van der Waals surface area contributed by atoms with Gasteiger partial charge in [0.2, 0.25) is 11.8 Å². The molecule has 0 fully saturated rings. The van der Waals surface area contributed by atoms with Gasteiger partial charge in [0.15, 0.2) is 0 Å². The lowest BCUT2D eigenvalue weighted by Gasteiger charge is -2.32. The Bertz CT molecular complexity index is 1000. The van der Waals surface area contributed by atoms with Crippen LogP contribution in [0.3, 0.4) is 0 Å². The molecule has 0 saturated heterocycles. The summed E-state index contributed by atoms with van der Waals surface area (Å²) in [7, 11) is 1.52. The summed E-state index contributed by atoms with van der Waals surface area (Å²) >= 11 is 0. The van der Waals surface area contributed by atoms with Gasteiger partial charge in [-0.1, -0.05) is 56.3 Å². The van der Waals surface area contributed by atoms with Crippen LogP contribution in [0.1, 0.15) is 58.2 Å². The Morgan fingerprint density at radius 1 is 1.03 bits per heavy atom. The number of phenolic OH excluding ortho intramolecular Hbond substituents is 1. The summed E-state index contributed by atoms with van der Waals surface area (Å²) in [5.41, 5.74) is 0.642. The van der Waals surface area contributed by atoms with Crippen LogP contribution in [-0.4, -0.2) is 46.6 Å². The molecule has 2 atom stereocenters. The lowest BCUT2D eigenvalue weighted by atomic mass is 9.99. The number of carbonyl (C=O) groups is 3. The average molecular weight is 484 g/mol. The fourth-order valence-corrected chi connectivity index (χ4v) is 3.64. The zero-order chi connectivity index (χ0) is 26.2. The van der Waals surface area contributed by atoms with E-state index < -0.39 is 35.6 Å². The Labute approximate surface area is 207 Å². The van der Waals surface area contributed by atoms with E-state index in [2.05, 4.69) is 10.6 Å². The van der Waals surface area contributed by atoms with E-state index in [1.165, 1.54) is 24.1 Å². The molecule has 0 radical (unpaired) electrons. The molecular weight excluding hydrogens is 446 g/mol. The molecular formula is C27H37N3O5. The first-order valence-electron chi connectivity index (χ1n) is 11.7. The number of hydrogen-bond donors (Lipinski definition) is 3. The summed E-state index contributed by atoms with van der Waals surface area (Å²) in [4.78, 5) is 40.6. The second-order valence-corrected chi connectivity index (χ2v) is 9.98. The van der Waals surface area contributed by atoms with Gasteiger partial charge in [0, 0.05) is 13.6 Å². The van der Waals surface area contributed by atoms with Gasteiger partial charge < -0.3 is 25.4 Å². The van der Waals surface area contributed by atoms with Gasteiger partial charge in [0.05, 0.1) is 0 Å². The Kier molecular flexibility index (Phi) is 9.68. The third-order valence-corrected chi connectivity index (χ3v) is 5.17. The Morgan fingerprint density at radius 3 is 2.26 bits per heavy atom. The van der Waals surface area contributed by atoms with Crippen molar-refractivity contribution in [1.29, 1.82) is 0 Å². The number of nitrogens with one attached hydrogen (secondary N) is 2. The molecule has 2 aromatic rings. The Balaban J connectivity index is 2.30. The van der Waals surface area contributed by atoms with Crippen LogP contribution in [-0.2, 0) is 20.9 Å². The van der Waals surface area contributed by atoms with Crippen molar-refractivity contribution in [3.63, 3.8) is 0 Å². The van der Waals surface area contributed by atoms with Gasteiger partial charge in [0.1, 0.15) is 23.4 Å². The maximum absolute atomic E-state index is 13.6. The van der Waals surface area contributed by atoms with E-state index in [1.54, 1.807) is 32.9 Å². The Morgan fingerprint density at radius 2 is 1.69 bits per heavy atom. The fraction of sp³-hybridized carbons (Fsp3) is 0.444. The monoisotopic (exact) mass is 483 g/mol. The quantitative estimate of drug-likeness (QED) is 0.497. The van der Waals surface area contributed by atoms with Crippen molar-refractivity contribution >= 4 is 17.9 Å². The zero-order valence-electron chi connectivity index (χ0n) is 21.4. The molecule has 2 unspecified atom stereocenters. The highest BCUT2D eigenvalue weighted by Gasteiger charge is 2.34. The highest BCUT2D eigenvalue weighted by molar-refractivity contribution is 5.92. The predicted molar refractivity (Wildman–Crippen MR) is 135 cm³/mol. The first-order chi connectivity index (χ1) is 16.4. The molecule has 8 nitrogen and oxygen atoms in total. The van der Waals surface area contributed by atoms with Crippen LogP contribution >= 0.6 is 0 Å². The van der Waals surface area contributed by atoms with Gasteiger partial charge >= 0.3 is 6.09 Å². The number of amides is 3. The molecule has 0 aromatic heterocycles. The van der Waals surface area contributed by atoms with Gasteiger partial charge in [-0.05, 0) is 56.4 Å². The molecule has 0 aliphatic heterocycles. The lowest BCUT2D eigenvalue weighted by Crippen LogP contribution is -2.52. The van der Waals surface area contributed by atoms with Crippen LogP contribution in [0.5, 0.6) is 5.75 Å². The molecule has 0 bridgehead atoms. The van der Waals surface area contributed by atoms with E-state index in [-0.39, 0.29) is 18.2 Å². The lowest BCUT2D eigenvalue weighted by molar-refractivity contribution is -0.141. The number of benzene rings is 2. The molecule has 35 heavy (non-hydrogen) atoms. The zero-order valence-corrected chi connectivity index (χ0v) is 21.4. The van der Waals surface area contributed by atoms with Gasteiger partial charge in [-0.25, -0.2) is 4.79 Å². The molecule has 3 N–H and O–H groups in total. The van der Waals surface area contributed by atoms with Crippen molar-refractivity contribution in [2.45, 2.75) is 65.3 Å². The second kappa shape index (κ2) is 12.2. The van der Waals surface area contributed by atoms with Crippen LogP contribution in [0.2, 0.25) is 0 Å². The van der Waals surface area contributed by atoms with Crippen LogP contribution in [0, 0.1) is 5.92 Å². The molecule has 2 rings (SSSR count). The fourth-order valence-electron chi connectivity index (χ4n) is 3.64. The van der Waals surface area contributed by atoms with E-state index in [4.69, 9.17) is 4.74 Å². The van der Waals surface area contributed by atoms with Crippen molar-refractivity contribution in [3.8, 4) is 5.75 Å². The summed E-state index contributed by atoms with van der Waals surface area (Å²) < 4.78 is 5.34. The number of nitrogens with zero attached hydrogens (tertiary/aromatic N) is 1. The maximum Gasteiger partial charge on any atom is 0.408 e. The normalized spacial score (nSPS) is 13.0. The summed E-state index contributed by atoms with van der Waals surface area (Å²) in [6.45, 7) is 9.39. The van der Waals surface area contributed by atoms with Gasteiger partial charge in [-0.3, -0.25) is 9.59 Å². The highest BCUT2D eigenvalue weighted by Crippen LogP contribution is 2.25. The molecule has 0 saturated carbocycles. The number of aromatic hydroxyl groups is 1. The summed E-state index contributed by atoms with van der Waals surface area (Å²) in [5, 5.41) is 15.6. The van der Waals surface area contributed by atoms with Gasteiger partial charge in [-0.2, -0.15) is 0 Å². The highest BCUT2D eigenvalue weighted by atomic mass is 16.6. The van der Waals surface area contributed by atoms with E-state index >= 15 is 0 Å². The molecule has 8 heteroatoms. The van der Waals surface area contributed by atoms with Crippen molar-refractivity contribution in [3.05, 3.63) is 65.7 Å². The largest absolute Gasteiger partial charge is 0.508 e.